The van der Waals surface area contributed by atoms with E-state index < -0.39 is 23.7 Å². The Morgan fingerprint density at radius 3 is 2.81 bits per heavy atom. The number of alkyl halides is 1. The number of halogens is 3. The first-order valence-corrected chi connectivity index (χ1v) is 8.87. The second kappa shape index (κ2) is 6.50. The van der Waals surface area contributed by atoms with Gasteiger partial charge in [0.1, 0.15) is 23.9 Å². The Bertz CT molecular complexity index is 920. The lowest BCUT2D eigenvalue weighted by Gasteiger charge is -2.37. The summed E-state index contributed by atoms with van der Waals surface area (Å²) in [5.74, 6) is -0.266. The van der Waals surface area contributed by atoms with Crippen LogP contribution in [0.3, 0.4) is 0 Å². The topological polar surface area (TPSA) is 60.1 Å². The van der Waals surface area contributed by atoms with E-state index in [0.29, 0.717) is 24.2 Å². The zero-order valence-electron chi connectivity index (χ0n) is 13.9. The molecule has 0 spiro atoms. The molecule has 2 aliphatic rings. The molecule has 9 heteroatoms. The zero-order chi connectivity index (χ0) is 18.4. The summed E-state index contributed by atoms with van der Waals surface area (Å²) in [5, 5.41) is 4.33. The van der Waals surface area contributed by atoms with Crippen LogP contribution in [-0.2, 0) is 17.8 Å². The van der Waals surface area contributed by atoms with Gasteiger partial charge in [-0.25, -0.2) is 18.3 Å². The molecule has 0 radical (unpaired) electrons. The van der Waals surface area contributed by atoms with Gasteiger partial charge in [-0.05, 0) is 30.5 Å². The number of carbonyl (C=O) groups is 1. The van der Waals surface area contributed by atoms with Gasteiger partial charge in [-0.1, -0.05) is 17.7 Å². The molecular weight excluding hydrogens is 366 g/mol. The largest absolute Gasteiger partial charge is 0.346 e. The highest BCUT2D eigenvalue weighted by Gasteiger charge is 2.38. The van der Waals surface area contributed by atoms with Crippen molar-refractivity contribution in [3.05, 3.63) is 50.9 Å². The van der Waals surface area contributed by atoms with E-state index in [1.165, 1.54) is 26.3 Å². The highest BCUT2D eigenvalue weighted by Crippen LogP contribution is 2.26. The lowest BCUT2D eigenvalue weighted by Crippen LogP contribution is -2.54. The number of fused-ring (bicyclic) bond motifs is 1. The Morgan fingerprint density at radius 2 is 2.12 bits per heavy atom. The van der Waals surface area contributed by atoms with Crippen molar-refractivity contribution in [1.29, 1.82) is 0 Å². The summed E-state index contributed by atoms with van der Waals surface area (Å²) >= 11 is 5.68. The molecule has 3 heterocycles. The van der Waals surface area contributed by atoms with Crippen LogP contribution >= 0.6 is 11.6 Å². The van der Waals surface area contributed by atoms with Crippen LogP contribution in [0.5, 0.6) is 0 Å². The van der Waals surface area contributed by atoms with Crippen LogP contribution in [0.15, 0.2) is 23.0 Å². The standard InChI is InChI=1S/C17H17ClF2N4O2/c18-12-5-4-10(6-13(12)20)7-23-17(26)24-14(2-1-3-15(24)21-23)16(25)22-8-11(19)9-22/h4-6,11,14H,1-3,7-9H2/t14-/m0/s1. The minimum Gasteiger partial charge on any atom is -0.335 e. The van der Waals surface area contributed by atoms with Crippen molar-refractivity contribution in [2.24, 2.45) is 0 Å². The normalized spacial score (nSPS) is 20.0. The molecule has 1 aromatic heterocycles. The quantitative estimate of drug-likeness (QED) is 0.815. The fraction of sp³-hybridized carbons (Fsp3) is 0.471. The van der Waals surface area contributed by atoms with E-state index >= 15 is 0 Å². The molecule has 1 atom stereocenters. The Labute approximate surface area is 153 Å². The first-order valence-electron chi connectivity index (χ1n) is 8.49. The number of benzene rings is 1. The number of aromatic nitrogens is 3. The third-order valence-corrected chi connectivity index (χ3v) is 5.19. The van der Waals surface area contributed by atoms with Crippen molar-refractivity contribution in [1.82, 2.24) is 19.2 Å². The molecule has 0 saturated carbocycles. The number of hydrogen-bond acceptors (Lipinski definition) is 3. The molecule has 2 aliphatic heterocycles. The SMILES string of the molecule is O=C([C@@H]1CCCc2nn(Cc3ccc(Cl)c(F)c3)c(=O)n21)N1CC(F)C1. The number of hydrogen-bond donors (Lipinski definition) is 0. The van der Waals surface area contributed by atoms with Gasteiger partial charge < -0.3 is 4.90 Å². The van der Waals surface area contributed by atoms with Crippen molar-refractivity contribution in [2.45, 2.75) is 38.0 Å². The fourth-order valence-electron chi connectivity index (χ4n) is 3.49. The van der Waals surface area contributed by atoms with Gasteiger partial charge in [0.2, 0.25) is 5.91 Å². The summed E-state index contributed by atoms with van der Waals surface area (Å²) in [6.07, 6.45) is 0.865. The number of amides is 1. The van der Waals surface area contributed by atoms with Gasteiger partial charge in [0.05, 0.1) is 24.7 Å². The van der Waals surface area contributed by atoms with E-state index in [2.05, 4.69) is 5.10 Å². The molecule has 26 heavy (non-hydrogen) atoms. The van der Waals surface area contributed by atoms with Crippen LogP contribution in [0.1, 0.15) is 30.3 Å². The Hall–Kier alpha value is -2.22. The highest BCUT2D eigenvalue weighted by molar-refractivity contribution is 6.30. The smallest absolute Gasteiger partial charge is 0.335 e. The van der Waals surface area contributed by atoms with E-state index in [0.717, 1.165) is 6.42 Å². The van der Waals surface area contributed by atoms with Gasteiger partial charge in [-0.2, -0.15) is 5.10 Å². The van der Waals surface area contributed by atoms with Gasteiger partial charge >= 0.3 is 5.69 Å². The zero-order valence-corrected chi connectivity index (χ0v) is 14.6. The minimum atomic E-state index is -0.985. The molecule has 1 aromatic carbocycles. The Balaban J connectivity index is 1.62. The molecule has 4 rings (SSSR count). The molecule has 138 valence electrons. The van der Waals surface area contributed by atoms with Gasteiger partial charge in [0.25, 0.3) is 0 Å². The molecule has 1 saturated heterocycles. The molecule has 2 aromatic rings. The van der Waals surface area contributed by atoms with E-state index in [1.807, 2.05) is 0 Å². The predicted molar refractivity (Wildman–Crippen MR) is 90.5 cm³/mol. The second-order valence-electron chi connectivity index (χ2n) is 6.72. The predicted octanol–water partition coefficient (Wildman–Crippen LogP) is 1.94. The van der Waals surface area contributed by atoms with Gasteiger partial charge in [0.15, 0.2) is 0 Å². The van der Waals surface area contributed by atoms with Gasteiger partial charge in [0, 0.05) is 6.42 Å². The van der Waals surface area contributed by atoms with Crippen LogP contribution in [0.4, 0.5) is 8.78 Å². The number of aryl methyl sites for hydroxylation is 1. The maximum Gasteiger partial charge on any atom is 0.346 e. The molecule has 1 amide bonds. The van der Waals surface area contributed by atoms with E-state index in [1.54, 1.807) is 6.07 Å². The summed E-state index contributed by atoms with van der Waals surface area (Å²) in [6, 6.07) is 3.67. The highest BCUT2D eigenvalue weighted by atomic mass is 35.5. The summed E-state index contributed by atoms with van der Waals surface area (Å²) < 4.78 is 29.3. The van der Waals surface area contributed by atoms with Crippen LogP contribution in [0.25, 0.3) is 0 Å². The first-order chi connectivity index (χ1) is 12.4. The van der Waals surface area contributed by atoms with Crippen LogP contribution in [0.2, 0.25) is 5.02 Å². The molecule has 6 nitrogen and oxygen atoms in total. The summed E-state index contributed by atoms with van der Waals surface area (Å²) in [5.41, 5.74) is 0.140. The number of carbonyl (C=O) groups excluding carboxylic acids is 1. The number of likely N-dealkylation sites (tertiary alicyclic amines) is 1. The lowest BCUT2D eigenvalue weighted by molar-refractivity contribution is -0.142. The molecule has 0 bridgehead atoms. The van der Waals surface area contributed by atoms with E-state index in [-0.39, 0.29) is 30.6 Å². The summed E-state index contributed by atoms with van der Waals surface area (Å²) in [6.45, 7) is 0.249. The van der Waals surface area contributed by atoms with Crippen molar-refractivity contribution >= 4 is 17.5 Å². The van der Waals surface area contributed by atoms with Gasteiger partial charge in [-0.15, -0.1) is 0 Å². The maximum atomic E-state index is 13.6. The molecule has 0 N–H and O–H groups in total. The van der Waals surface area contributed by atoms with Crippen LogP contribution in [-0.4, -0.2) is 44.4 Å². The number of nitrogens with zero attached hydrogens (tertiary/aromatic N) is 4. The van der Waals surface area contributed by atoms with Crippen molar-refractivity contribution in [3.8, 4) is 0 Å². The first kappa shape index (κ1) is 17.2. The summed E-state index contributed by atoms with van der Waals surface area (Å²) in [4.78, 5) is 26.8. The van der Waals surface area contributed by atoms with Crippen LogP contribution in [0, 0.1) is 5.82 Å². The average Bonchev–Trinajstić information content (AvgIpc) is 2.91. The third kappa shape index (κ3) is 2.92. The molecular formula is C17H17ClF2N4O2. The van der Waals surface area contributed by atoms with Gasteiger partial charge in [-0.3, -0.25) is 9.36 Å². The minimum absolute atomic E-state index is 0.0107. The molecule has 0 unspecified atom stereocenters. The van der Waals surface area contributed by atoms with E-state index in [9.17, 15) is 18.4 Å². The van der Waals surface area contributed by atoms with Crippen molar-refractivity contribution in [3.63, 3.8) is 0 Å². The van der Waals surface area contributed by atoms with E-state index in [4.69, 9.17) is 11.6 Å². The Kier molecular flexibility index (Phi) is 4.30. The maximum absolute atomic E-state index is 13.6. The number of rotatable bonds is 3. The average molecular weight is 383 g/mol. The second-order valence-corrected chi connectivity index (χ2v) is 7.13. The lowest BCUT2D eigenvalue weighted by atomic mass is 10.0. The third-order valence-electron chi connectivity index (χ3n) is 4.88. The Morgan fingerprint density at radius 1 is 1.35 bits per heavy atom. The monoisotopic (exact) mass is 382 g/mol. The fourth-order valence-corrected chi connectivity index (χ4v) is 3.61. The van der Waals surface area contributed by atoms with Crippen LogP contribution < -0.4 is 5.69 Å². The van der Waals surface area contributed by atoms with Crippen molar-refractivity contribution in [2.75, 3.05) is 13.1 Å². The molecule has 1 fully saturated rings. The summed E-state index contributed by atoms with van der Waals surface area (Å²) in [7, 11) is 0. The van der Waals surface area contributed by atoms with Crippen molar-refractivity contribution < 1.29 is 13.6 Å². The molecule has 0 aliphatic carbocycles.